The largest absolute Gasteiger partial charge is 0.457 e. The Labute approximate surface area is 193 Å². The van der Waals surface area contributed by atoms with Gasteiger partial charge in [-0.05, 0) is 56.3 Å². The second kappa shape index (κ2) is 8.81. The van der Waals surface area contributed by atoms with Crippen molar-refractivity contribution in [2.75, 3.05) is 0 Å². The molecule has 0 N–H and O–H groups in total. The number of nitriles is 1. The van der Waals surface area contributed by atoms with Crippen LogP contribution in [-0.4, -0.2) is 10.4 Å². The van der Waals surface area contributed by atoms with E-state index < -0.39 is 5.78 Å². The van der Waals surface area contributed by atoms with Gasteiger partial charge in [-0.2, -0.15) is 5.26 Å². The van der Waals surface area contributed by atoms with Gasteiger partial charge in [0.15, 0.2) is 0 Å². The van der Waals surface area contributed by atoms with Crippen molar-refractivity contribution in [2.24, 2.45) is 0 Å². The van der Waals surface area contributed by atoms with Crippen LogP contribution in [0, 0.1) is 31.0 Å². The Morgan fingerprint density at radius 3 is 2.50 bits per heavy atom. The summed E-state index contributed by atoms with van der Waals surface area (Å²) in [7, 11) is 0. The molecule has 4 nitrogen and oxygen atoms in total. The molecule has 0 fully saturated rings. The summed E-state index contributed by atoms with van der Waals surface area (Å²) in [4.78, 5) is 13.2. The molecule has 0 saturated heterocycles. The van der Waals surface area contributed by atoms with Crippen molar-refractivity contribution in [3.8, 4) is 23.1 Å². The molecule has 0 aliphatic carbocycles. The molecular formula is C26H18BrFN2O2. The van der Waals surface area contributed by atoms with Crippen LogP contribution in [0.25, 0.3) is 23.1 Å². The van der Waals surface area contributed by atoms with Crippen LogP contribution in [-0.2, 0) is 0 Å². The zero-order valence-corrected chi connectivity index (χ0v) is 19.0. The number of carbonyl (C=O) groups excluding carboxylic acids is 1. The van der Waals surface area contributed by atoms with Crippen molar-refractivity contribution in [3.63, 3.8) is 0 Å². The number of nitrogens with zero attached hydrogens (tertiary/aromatic N) is 2. The molecule has 0 radical (unpaired) electrons. The summed E-state index contributed by atoms with van der Waals surface area (Å²) >= 11 is 3.40. The van der Waals surface area contributed by atoms with E-state index in [0.29, 0.717) is 34.2 Å². The first-order valence-corrected chi connectivity index (χ1v) is 10.6. The summed E-state index contributed by atoms with van der Waals surface area (Å²) < 4.78 is 22.8. The maximum absolute atomic E-state index is 14.3. The number of aromatic nitrogens is 1. The van der Waals surface area contributed by atoms with Crippen LogP contribution in [0.15, 0.2) is 81.2 Å². The summed E-state index contributed by atoms with van der Waals surface area (Å²) in [5, 5.41) is 9.65. The van der Waals surface area contributed by atoms with E-state index in [4.69, 9.17) is 4.42 Å². The van der Waals surface area contributed by atoms with E-state index in [9.17, 15) is 14.4 Å². The number of allylic oxidation sites excluding steroid dienone is 1. The average Bonchev–Trinajstić information content (AvgIpc) is 3.37. The van der Waals surface area contributed by atoms with Crippen molar-refractivity contribution < 1.29 is 13.6 Å². The topological polar surface area (TPSA) is 58.9 Å². The number of rotatable bonds is 5. The molecule has 2 aromatic carbocycles. The maximum Gasteiger partial charge on any atom is 0.205 e. The lowest BCUT2D eigenvalue weighted by molar-refractivity contribution is 0.103. The van der Waals surface area contributed by atoms with Crippen molar-refractivity contribution in [2.45, 2.75) is 13.8 Å². The Balaban J connectivity index is 1.68. The van der Waals surface area contributed by atoms with Gasteiger partial charge >= 0.3 is 0 Å². The molecule has 0 amide bonds. The minimum absolute atomic E-state index is 0.0597. The minimum atomic E-state index is -0.440. The number of para-hydroxylation sites is 1. The van der Waals surface area contributed by atoms with E-state index in [2.05, 4.69) is 15.9 Å². The Hall–Kier alpha value is -3.69. The number of ketones is 1. The Morgan fingerprint density at radius 1 is 1.09 bits per heavy atom. The second-order valence-electron chi connectivity index (χ2n) is 7.28. The van der Waals surface area contributed by atoms with Gasteiger partial charge in [-0.25, -0.2) is 4.39 Å². The molecule has 0 atom stereocenters. The predicted molar refractivity (Wildman–Crippen MR) is 125 cm³/mol. The third-order valence-electron chi connectivity index (χ3n) is 5.18. The number of aryl methyl sites for hydroxylation is 1. The first-order valence-electron chi connectivity index (χ1n) is 9.85. The fourth-order valence-corrected chi connectivity index (χ4v) is 3.90. The fraction of sp³-hybridized carbons (Fsp3) is 0.0769. The lowest BCUT2D eigenvalue weighted by Crippen LogP contribution is -2.06. The van der Waals surface area contributed by atoms with Crippen LogP contribution in [0.1, 0.15) is 27.5 Å². The second-order valence-corrected chi connectivity index (χ2v) is 8.20. The van der Waals surface area contributed by atoms with Gasteiger partial charge in [0.2, 0.25) is 5.78 Å². The normalized spacial score (nSPS) is 11.4. The third kappa shape index (κ3) is 4.08. The van der Waals surface area contributed by atoms with Crippen LogP contribution in [0.4, 0.5) is 4.39 Å². The first kappa shape index (κ1) is 21.5. The molecule has 158 valence electrons. The highest BCUT2D eigenvalue weighted by Crippen LogP contribution is 2.27. The Morgan fingerprint density at radius 2 is 1.81 bits per heavy atom. The molecule has 2 aromatic heterocycles. The number of furan rings is 1. The quantitative estimate of drug-likeness (QED) is 0.172. The van der Waals surface area contributed by atoms with E-state index in [1.54, 1.807) is 54.8 Å². The molecule has 0 bridgehead atoms. The highest BCUT2D eigenvalue weighted by molar-refractivity contribution is 9.10. The molecule has 0 aliphatic heterocycles. The Bertz CT molecular complexity index is 1390. The summed E-state index contributed by atoms with van der Waals surface area (Å²) in [5.74, 6) is 0.201. The number of carbonyl (C=O) groups is 1. The van der Waals surface area contributed by atoms with Crippen LogP contribution >= 0.6 is 15.9 Å². The summed E-state index contributed by atoms with van der Waals surface area (Å²) in [6.45, 7) is 3.53. The zero-order valence-electron chi connectivity index (χ0n) is 17.4. The highest BCUT2D eigenvalue weighted by atomic mass is 79.9. The molecule has 6 heteroatoms. The van der Waals surface area contributed by atoms with Crippen molar-refractivity contribution in [1.82, 2.24) is 4.57 Å². The average molecular weight is 489 g/mol. The van der Waals surface area contributed by atoms with Gasteiger partial charge < -0.3 is 8.98 Å². The van der Waals surface area contributed by atoms with E-state index in [1.165, 1.54) is 12.1 Å². The molecular weight excluding hydrogens is 471 g/mol. The van der Waals surface area contributed by atoms with Gasteiger partial charge in [-0.15, -0.1) is 0 Å². The minimum Gasteiger partial charge on any atom is -0.457 e. The summed E-state index contributed by atoms with van der Waals surface area (Å²) in [5.41, 5.74) is 2.78. The van der Waals surface area contributed by atoms with Crippen molar-refractivity contribution in [1.29, 1.82) is 5.26 Å². The van der Waals surface area contributed by atoms with Crippen LogP contribution < -0.4 is 0 Å². The number of hydrogen-bond acceptors (Lipinski definition) is 3. The number of halogens is 2. The number of hydrogen-bond donors (Lipinski definition) is 0. The SMILES string of the molecule is Cc1cc(C(=O)C(C#N)=Cc2ccc(-c3ccc(Br)cc3)o2)c(C)n1-c1ccccc1F. The Kier molecular flexibility index (Phi) is 5.93. The van der Waals surface area contributed by atoms with Crippen LogP contribution in [0.3, 0.4) is 0 Å². The first-order chi connectivity index (χ1) is 15.4. The van der Waals surface area contributed by atoms with Crippen LogP contribution in [0.2, 0.25) is 0 Å². The summed E-state index contributed by atoms with van der Waals surface area (Å²) in [6.07, 6.45) is 1.43. The van der Waals surface area contributed by atoms with Gasteiger partial charge in [-0.1, -0.05) is 40.2 Å². The maximum atomic E-state index is 14.3. The molecule has 32 heavy (non-hydrogen) atoms. The molecule has 0 unspecified atom stereocenters. The van der Waals surface area contributed by atoms with E-state index in [-0.39, 0.29) is 11.4 Å². The van der Waals surface area contributed by atoms with Gasteiger partial charge in [0.1, 0.15) is 29.0 Å². The summed E-state index contributed by atoms with van der Waals surface area (Å²) in [6, 6.07) is 21.1. The fourth-order valence-electron chi connectivity index (χ4n) is 3.63. The number of Topliss-reactive ketones (excluding diaryl/α,β-unsaturated/α-hetero) is 1. The molecule has 2 heterocycles. The van der Waals surface area contributed by atoms with E-state index in [0.717, 1.165) is 10.0 Å². The van der Waals surface area contributed by atoms with Gasteiger partial charge in [0, 0.05) is 33.1 Å². The predicted octanol–water partition coefficient (Wildman–Crippen LogP) is 7.05. The molecule has 4 aromatic rings. The smallest absolute Gasteiger partial charge is 0.205 e. The lowest BCUT2D eigenvalue weighted by Gasteiger charge is -2.10. The van der Waals surface area contributed by atoms with Gasteiger partial charge in [0.25, 0.3) is 0 Å². The van der Waals surface area contributed by atoms with Gasteiger partial charge in [0.05, 0.1) is 5.69 Å². The van der Waals surface area contributed by atoms with E-state index in [1.807, 2.05) is 30.3 Å². The van der Waals surface area contributed by atoms with Gasteiger partial charge in [-0.3, -0.25) is 4.79 Å². The van der Waals surface area contributed by atoms with Crippen molar-refractivity contribution >= 4 is 27.8 Å². The highest BCUT2D eigenvalue weighted by Gasteiger charge is 2.21. The third-order valence-corrected chi connectivity index (χ3v) is 5.70. The van der Waals surface area contributed by atoms with E-state index >= 15 is 0 Å². The standard InChI is InChI=1S/C26H18BrFN2O2/c1-16-13-22(17(2)30(16)24-6-4-3-5-23(24)28)26(31)19(15-29)14-21-11-12-25(32-21)18-7-9-20(27)10-8-18/h3-14H,1-2H3. The lowest BCUT2D eigenvalue weighted by atomic mass is 10.0. The monoisotopic (exact) mass is 488 g/mol. The molecule has 0 aliphatic rings. The molecule has 4 rings (SSSR count). The van der Waals surface area contributed by atoms with Crippen molar-refractivity contribution in [3.05, 3.63) is 105 Å². The molecule has 0 spiro atoms. The van der Waals surface area contributed by atoms with Crippen LogP contribution in [0.5, 0.6) is 0 Å². The zero-order chi connectivity index (χ0) is 22.8. The molecule has 0 saturated carbocycles. The number of benzene rings is 2.